The van der Waals surface area contributed by atoms with E-state index in [1.807, 2.05) is 17.4 Å². The maximum Gasteiger partial charge on any atom is 0.160 e. The Balaban J connectivity index is 1.18. The molecule has 8 aromatic carbocycles. The quantitative estimate of drug-likeness (QED) is 0.173. The highest BCUT2D eigenvalue weighted by atomic mass is 32.1. The summed E-state index contributed by atoms with van der Waals surface area (Å²) in [6.45, 7) is 0. The molecule has 3 heteroatoms. The SMILES string of the molecule is c1ccc(-c2ccc(-c3nc(-c4cc(-c5ccccc5)cc(-c5cccc6c5sc5ccccc56)c4)cc(-c4ccc5ccccc5c4)n3)cc2)cc1. The molecule has 248 valence electrons. The summed E-state index contributed by atoms with van der Waals surface area (Å²) in [5, 5.41) is 4.98. The number of nitrogens with zero attached hydrogens (tertiary/aromatic N) is 2. The van der Waals surface area contributed by atoms with Crippen LogP contribution in [0.25, 0.3) is 98.2 Å². The molecular formula is C50H32N2S. The Hall–Kier alpha value is -6.68. The molecule has 0 N–H and O–H groups in total. The molecule has 2 aromatic heterocycles. The summed E-state index contributed by atoms with van der Waals surface area (Å²) in [4.78, 5) is 10.5. The first-order valence-electron chi connectivity index (χ1n) is 17.9. The zero-order valence-corrected chi connectivity index (χ0v) is 29.6. The summed E-state index contributed by atoms with van der Waals surface area (Å²) in [6.07, 6.45) is 0. The van der Waals surface area contributed by atoms with Gasteiger partial charge in [0.15, 0.2) is 5.82 Å². The smallest absolute Gasteiger partial charge is 0.160 e. The van der Waals surface area contributed by atoms with Crippen molar-refractivity contribution >= 4 is 42.3 Å². The third kappa shape index (κ3) is 5.87. The molecule has 0 aliphatic rings. The highest BCUT2D eigenvalue weighted by molar-refractivity contribution is 7.26. The minimum absolute atomic E-state index is 0.698. The van der Waals surface area contributed by atoms with Crippen molar-refractivity contribution in [2.75, 3.05) is 0 Å². The molecule has 2 heterocycles. The Morgan fingerprint density at radius 3 is 1.68 bits per heavy atom. The summed E-state index contributed by atoms with van der Waals surface area (Å²) in [5.74, 6) is 0.698. The molecule has 0 radical (unpaired) electrons. The van der Waals surface area contributed by atoms with Crippen molar-refractivity contribution in [3.8, 4) is 67.3 Å². The van der Waals surface area contributed by atoms with Gasteiger partial charge in [0.1, 0.15) is 0 Å². The van der Waals surface area contributed by atoms with Crippen molar-refractivity contribution in [2.24, 2.45) is 0 Å². The molecule has 0 atom stereocenters. The van der Waals surface area contributed by atoms with E-state index >= 15 is 0 Å². The van der Waals surface area contributed by atoms with Crippen LogP contribution in [0.1, 0.15) is 0 Å². The molecular weight excluding hydrogens is 661 g/mol. The molecule has 0 bridgehead atoms. The van der Waals surface area contributed by atoms with Gasteiger partial charge in [0.25, 0.3) is 0 Å². The average Bonchev–Trinajstić information content (AvgIpc) is 3.63. The molecule has 0 spiro atoms. The van der Waals surface area contributed by atoms with Crippen molar-refractivity contribution in [1.82, 2.24) is 9.97 Å². The lowest BCUT2D eigenvalue weighted by Crippen LogP contribution is -1.97. The van der Waals surface area contributed by atoms with Crippen molar-refractivity contribution in [3.05, 3.63) is 194 Å². The van der Waals surface area contributed by atoms with Crippen molar-refractivity contribution < 1.29 is 0 Å². The standard InChI is InChI=1S/C50H32N2S/c1-3-12-33(13-4-1)36-22-25-37(26-23-36)50-51-46(39-27-24-35-16-7-8-17-38(35)28-39)32-47(52-50)42-30-40(34-14-5-2-6-15-34)29-41(31-42)43-19-11-20-45-44-18-9-10-21-48(44)53-49(43)45/h1-32H. The van der Waals surface area contributed by atoms with E-state index < -0.39 is 0 Å². The molecule has 0 amide bonds. The second-order valence-electron chi connectivity index (χ2n) is 13.4. The van der Waals surface area contributed by atoms with E-state index in [2.05, 4.69) is 188 Å². The minimum Gasteiger partial charge on any atom is -0.228 e. The van der Waals surface area contributed by atoms with Crippen LogP contribution < -0.4 is 0 Å². The van der Waals surface area contributed by atoms with E-state index in [1.165, 1.54) is 47.6 Å². The summed E-state index contributed by atoms with van der Waals surface area (Å²) in [6, 6.07) is 69.2. The third-order valence-corrected chi connectivity index (χ3v) is 11.3. The summed E-state index contributed by atoms with van der Waals surface area (Å²) in [5.41, 5.74) is 11.9. The van der Waals surface area contributed by atoms with Gasteiger partial charge in [-0.15, -0.1) is 11.3 Å². The Labute approximate surface area is 312 Å². The fourth-order valence-electron chi connectivity index (χ4n) is 7.37. The lowest BCUT2D eigenvalue weighted by Gasteiger charge is -2.14. The van der Waals surface area contributed by atoms with E-state index in [0.29, 0.717) is 5.82 Å². The Kier molecular flexibility index (Phi) is 7.71. The first-order valence-corrected chi connectivity index (χ1v) is 18.7. The monoisotopic (exact) mass is 692 g/mol. The van der Waals surface area contributed by atoms with E-state index in [9.17, 15) is 0 Å². The summed E-state index contributed by atoms with van der Waals surface area (Å²) < 4.78 is 2.59. The second-order valence-corrected chi connectivity index (χ2v) is 14.5. The second kappa shape index (κ2) is 13.1. The van der Waals surface area contributed by atoms with Gasteiger partial charge in [0.05, 0.1) is 11.4 Å². The van der Waals surface area contributed by atoms with Gasteiger partial charge >= 0.3 is 0 Å². The van der Waals surface area contributed by atoms with Crippen molar-refractivity contribution in [1.29, 1.82) is 0 Å². The molecule has 2 nitrogen and oxygen atoms in total. The Morgan fingerprint density at radius 1 is 0.321 bits per heavy atom. The van der Waals surface area contributed by atoms with Gasteiger partial charge in [0.2, 0.25) is 0 Å². The molecule has 0 aliphatic carbocycles. The number of rotatable bonds is 6. The Bertz CT molecular complexity index is 2930. The van der Waals surface area contributed by atoms with Crippen LogP contribution in [0.4, 0.5) is 0 Å². The first kappa shape index (κ1) is 31.1. The molecule has 0 unspecified atom stereocenters. The highest BCUT2D eigenvalue weighted by Crippen LogP contribution is 2.42. The number of benzene rings is 8. The first-order chi connectivity index (χ1) is 26.2. The van der Waals surface area contributed by atoms with Crippen LogP contribution in [-0.2, 0) is 0 Å². The number of thiophene rings is 1. The predicted molar refractivity (Wildman–Crippen MR) is 225 cm³/mol. The zero-order chi connectivity index (χ0) is 35.1. The van der Waals surface area contributed by atoms with Crippen LogP contribution in [0.3, 0.4) is 0 Å². The fraction of sp³-hybridized carbons (Fsp3) is 0. The molecule has 53 heavy (non-hydrogen) atoms. The summed E-state index contributed by atoms with van der Waals surface area (Å²) >= 11 is 1.86. The molecule has 0 saturated carbocycles. The number of hydrogen-bond acceptors (Lipinski definition) is 3. The minimum atomic E-state index is 0.698. The van der Waals surface area contributed by atoms with Crippen LogP contribution in [0.2, 0.25) is 0 Å². The molecule has 10 aromatic rings. The van der Waals surface area contributed by atoms with Gasteiger partial charge in [-0.25, -0.2) is 9.97 Å². The molecule has 10 rings (SSSR count). The van der Waals surface area contributed by atoms with Gasteiger partial charge < -0.3 is 0 Å². The van der Waals surface area contributed by atoms with E-state index in [-0.39, 0.29) is 0 Å². The van der Waals surface area contributed by atoms with Crippen molar-refractivity contribution in [2.45, 2.75) is 0 Å². The largest absolute Gasteiger partial charge is 0.228 e. The normalized spacial score (nSPS) is 11.4. The van der Waals surface area contributed by atoms with Crippen LogP contribution in [0.15, 0.2) is 194 Å². The van der Waals surface area contributed by atoms with E-state index in [0.717, 1.165) is 44.8 Å². The van der Waals surface area contributed by atoms with Crippen LogP contribution in [0.5, 0.6) is 0 Å². The van der Waals surface area contributed by atoms with Crippen LogP contribution >= 0.6 is 11.3 Å². The maximum atomic E-state index is 5.32. The highest BCUT2D eigenvalue weighted by Gasteiger charge is 2.16. The molecule has 0 fully saturated rings. The number of aromatic nitrogens is 2. The lowest BCUT2D eigenvalue weighted by atomic mass is 9.93. The van der Waals surface area contributed by atoms with Gasteiger partial charge in [0, 0.05) is 36.9 Å². The van der Waals surface area contributed by atoms with Crippen LogP contribution in [-0.4, -0.2) is 9.97 Å². The zero-order valence-electron chi connectivity index (χ0n) is 28.8. The van der Waals surface area contributed by atoms with E-state index in [1.54, 1.807) is 0 Å². The van der Waals surface area contributed by atoms with Gasteiger partial charge in [-0.1, -0.05) is 158 Å². The number of fused-ring (bicyclic) bond motifs is 4. The third-order valence-electron chi connectivity index (χ3n) is 10.1. The van der Waals surface area contributed by atoms with Crippen molar-refractivity contribution in [3.63, 3.8) is 0 Å². The van der Waals surface area contributed by atoms with Gasteiger partial charge in [-0.3, -0.25) is 0 Å². The predicted octanol–water partition coefficient (Wildman–Crippen LogP) is 14.0. The van der Waals surface area contributed by atoms with E-state index in [4.69, 9.17) is 9.97 Å². The van der Waals surface area contributed by atoms with Crippen LogP contribution in [0, 0.1) is 0 Å². The van der Waals surface area contributed by atoms with Gasteiger partial charge in [-0.2, -0.15) is 0 Å². The Morgan fingerprint density at radius 2 is 0.887 bits per heavy atom. The van der Waals surface area contributed by atoms with Gasteiger partial charge in [-0.05, 0) is 80.6 Å². The molecule has 0 saturated heterocycles. The maximum absolute atomic E-state index is 5.32. The average molecular weight is 693 g/mol. The molecule has 0 aliphatic heterocycles. The summed E-state index contributed by atoms with van der Waals surface area (Å²) in [7, 11) is 0. The number of hydrogen-bond donors (Lipinski definition) is 0. The lowest BCUT2D eigenvalue weighted by molar-refractivity contribution is 1.18. The topological polar surface area (TPSA) is 25.8 Å². The fourth-order valence-corrected chi connectivity index (χ4v) is 8.60.